The quantitative estimate of drug-likeness (QED) is 0.0897. The molecule has 8 heteroatoms. The van der Waals surface area contributed by atoms with E-state index < -0.39 is 0 Å². The zero-order chi connectivity index (χ0) is 76.9. The van der Waals surface area contributed by atoms with Crippen LogP contribution in [0.1, 0.15) is 27.7 Å². The SMILES string of the molecule is CC1(C)OB(c2ccc(-c3cc(-c4ccccc4)c4c(c3-c3ccccc3)-c3cccc5cccc-4c35)cc2)OC1(C)C.Clc1cc(-c2ccccc2)nc(-c2ccccc2)n1.c1ccc(-c2cc(-c3ccc(-c4cc(-c5ccccc5)c5c(c4-c4ccccc4)-c4cccc6cccc-5c46)cc3)nc(-c3ccccc3)n2)cc1. The van der Waals surface area contributed by atoms with E-state index in [1.807, 2.05) is 84.9 Å². The summed E-state index contributed by atoms with van der Waals surface area (Å²) >= 11 is 6.10. The van der Waals surface area contributed by atoms with Crippen LogP contribution in [0.15, 0.2) is 388 Å². The fourth-order valence-electron chi connectivity index (χ4n) is 16.5. The fraction of sp³-hybridized carbons (Fsp3) is 0.0566. The van der Waals surface area contributed by atoms with Crippen LogP contribution in [-0.4, -0.2) is 38.3 Å². The minimum Gasteiger partial charge on any atom is -0.399 e. The van der Waals surface area contributed by atoms with Crippen LogP contribution in [0.25, 0.3) is 189 Å². The van der Waals surface area contributed by atoms with Crippen molar-refractivity contribution in [1.29, 1.82) is 0 Å². The molecule has 114 heavy (non-hydrogen) atoms. The molecule has 21 rings (SSSR count). The predicted molar refractivity (Wildman–Crippen MR) is 475 cm³/mol. The average molecular weight is 1480 g/mol. The van der Waals surface area contributed by atoms with Crippen molar-refractivity contribution in [3.8, 4) is 168 Å². The minimum absolute atomic E-state index is 0.378. The Morgan fingerprint density at radius 2 is 0.500 bits per heavy atom. The molecule has 0 unspecified atom stereocenters. The normalized spacial score (nSPS) is 13.0. The molecule has 6 nitrogen and oxygen atoms in total. The third-order valence-electron chi connectivity index (χ3n) is 22.7. The van der Waals surface area contributed by atoms with Crippen LogP contribution in [0.4, 0.5) is 0 Å². The van der Waals surface area contributed by atoms with E-state index in [4.69, 9.17) is 30.9 Å². The summed E-state index contributed by atoms with van der Waals surface area (Å²) in [4.78, 5) is 19.0. The van der Waals surface area contributed by atoms with E-state index in [1.54, 1.807) is 6.07 Å². The molecule has 3 heterocycles. The second kappa shape index (κ2) is 29.9. The van der Waals surface area contributed by atoms with Crippen molar-refractivity contribution in [2.45, 2.75) is 38.9 Å². The lowest BCUT2D eigenvalue weighted by molar-refractivity contribution is 0.00578. The molecule has 2 aliphatic carbocycles. The van der Waals surface area contributed by atoms with E-state index in [2.05, 4.69) is 335 Å². The Bertz CT molecular complexity index is 6470. The van der Waals surface area contributed by atoms with E-state index in [0.29, 0.717) is 16.8 Å². The molecule has 0 atom stereocenters. The molecule has 0 saturated carbocycles. The lowest BCUT2D eigenvalue weighted by atomic mass is 9.77. The second-order valence-electron chi connectivity index (χ2n) is 30.2. The molecule has 3 aliphatic rings. The maximum absolute atomic E-state index is 6.37. The van der Waals surface area contributed by atoms with Gasteiger partial charge in [0.25, 0.3) is 0 Å². The van der Waals surface area contributed by atoms with Gasteiger partial charge in [0.05, 0.1) is 28.3 Å². The molecule has 0 amide bonds. The Morgan fingerprint density at radius 3 is 0.868 bits per heavy atom. The van der Waals surface area contributed by atoms with E-state index >= 15 is 0 Å². The molecule has 0 bridgehead atoms. The highest BCUT2D eigenvalue weighted by Crippen LogP contribution is 2.59. The second-order valence-corrected chi connectivity index (χ2v) is 30.6. The van der Waals surface area contributed by atoms with Gasteiger partial charge in [-0.3, -0.25) is 0 Å². The highest BCUT2D eigenvalue weighted by atomic mass is 35.5. The van der Waals surface area contributed by atoms with Gasteiger partial charge in [-0.05, 0) is 184 Å². The predicted octanol–water partition coefficient (Wildman–Crippen LogP) is 27.5. The van der Waals surface area contributed by atoms with Gasteiger partial charge in [0, 0.05) is 33.9 Å². The van der Waals surface area contributed by atoms with Crippen LogP contribution in [-0.2, 0) is 9.31 Å². The van der Waals surface area contributed by atoms with Crippen LogP contribution in [0, 0.1) is 0 Å². The molecule has 16 aromatic carbocycles. The first-order valence-electron chi connectivity index (χ1n) is 38.9. The topological polar surface area (TPSA) is 70.0 Å². The molecule has 0 radical (unpaired) electrons. The average Bonchev–Trinajstić information content (AvgIpc) is 1.56. The van der Waals surface area contributed by atoms with Crippen molar-refractivity contribution in [2.24, 2.45) is 0 Å². The minimum atomic E-state index is -0.389. The standard InChI is InChI=1S/C50H32N2.C40H33BO2.C16H11ClN2/c1-5-15-33(16-6-1)43-31-42(47(38-19-9-3-10-20-38)49-41-26-14-24-37-23-13-25-40(46(37)41)48(43)49)34-27-29-36(30-28-34)45-32-44(35-17-7-2-8-18-35)51-50(52-45)39-21-11-4-12-22-39;1-39(2)40(3,4)43-41(42-39)30-23-21-27(22-24-30)33-25-34(26-13-7-5-8-14-26)37-31-19-11-17-28-18-12-20-32(35(28)31)38(37)36(33)29-15-9-6-10-16-29;17-15-11-14(12-7-3-1-4-8-12)18-16(19-15)13-9-5-2-6-10-13/h1-32H;5-25H,1-4H3;1-11H. The van der Waals surface area contributed by atoms with Crippen molar-refractivity contribution >= 4 is 45.7 Å². The van der Waals surface area contributed by atoms with Crippen LogP contribution < -0.4 is 5.46 Å². The van der Waals surface area contributed by atoms with E-state index in [0.717, 1.165) is 55.9 Å². The third kappa shape index (κ3) is 13.3. The molecule has 1 saturated heterocycles. The summed E-state index contributed by atoms with van der Waals surface area (Å²) in [5, 5.41) is 5.66. The number of rotatable bonds is 12. The van der Waals surface area contributed by atoms with Gasteiger partial charge in [-0.1, -0.05) is 376 Å². The van der Waals surface area contributed by atoms with Gasteiger partial charge >= 0.3 is 7.12 Å². The van der Waals surface area contributed by atoms with Crippen LogP contribution in [0.5, 0.6) is 0 Å². The van der Waals surface area contributed by atoms with Crippen LogP contribution in [0.2, 0.25) is 5.15 Å². The number of halogens is 1. The van der Waals surface area contributed by atoms with Crippen molar-refractivity contribution < 1.29 is 9.31 Å². The molecule has 1 aliphatic heterocycles. The maximum atomic E-state index is 6.37. The van der Waals surface area contributed by atoms with Gasteiger partial charge in [-0.25, -0.2) is 19.9 Å². The number of nitrogens with zero attached hydrogens (tertiary/aromatic N) is 4. The highest BCUT2D eigenvalue weighted by Gasteiger charge is 2.52. The molecule has 18 aromatic rings. The monoisotopic (exact) mass is 1480 g/mol. The van der Waals surface area contributed by atoms with Gasteiger partial charge in [0.2, 0.25) is 0 Å². The van der Waals surface area contributed by atoms with Gasteiger partial charge < -0.3 is 9.31 Å². The highest BCUT2D eigenvalue weighted by molar-refractivity contribution is 6.62. The lowest BCUT2D eigenvalue weighted by Gasteiger charge is -2.32. The van der Waals surface area contributed by atoms with Gasteiger partial charge in [-0.2, -0.15) is 0 Å². The first-order valence-corrected chi connectivity index (χ1v) is 39.2. The first kappa shape index (κ1) is 70.8. The van der Waals surface area contributed by atoms with Crippen LogP contribution >= 0.6 is 11.6 Å². The Labute approximate surface area is 670 Å². The molecule has 2 aromatic heterocycles. The van der Waals surface area contributed by atoms with Crippen molar-refractivity contribution in [1.82, 2.24) is 19.9 Å². The summed E-state index contributed by atoms with van der Waals surface area (Å²) < 4.78 is 12.7. The summed E-state index contributed by atoms with van der Waals surface area (Å²) in [6.45, 7) is 8.40. The summed E-state index contributed by atoms with van der Waals surface area (Å²) in [5.41, 5.74) is 33.1. The number of aromatic nitrogens is 4. The summed E-state index contributed by atoms with van der Waals surface area (Å²) in [6.07, 6.45) is 0. The number of fused-ring (bicyclic) bond motifs is 6. The zero-order valence-electron chi connectivity index (χ0n) is 63.5. The Kier molecular flexibility index (Phi) is 18.6. The van der Waals surface area contributed by atoms with Crippen molar-refractivity contribution in [3.63, 3.8) is 0 Å². The summed E-state index contributed by atoms with van der Waals surface area (Å²) in [6, 6.07) is 137. The lowest BCUT2D eigenvalue weighted by Crippen LogP contribution is -2.41. The Hall–Kier alpha value is -13.5. The molecule has 542 valence electrons. The molecule has 0 spiro atoms. The Morgan fingerprint density at radius 1 is 0.228 bits per heavy atom. The largest absolute Gasteiger partial charge is 0.494 e. The smallest absolute Gasteiger partial charge is 0.399 e. The summed E-state index contributed by atoms with van der Waals surface area (Å²) in [5.74, 6) is 1.36. The number of benzene rings is 16. The number of hydrogen-bond donors (Lipinski definition) is 0. The molecule has 0 N–H and O–H groups in total. The molecular weight excluding hydrogens is 1410 g/mol. The van der Waals surface area contributed by atoms with Crippen molar-refractivity contribution in [2.75, 3.05) is 0 Å². The third-order valence-corrected chi connectivity index (χ3v) is 22.9. The molecule has 1 fully saturated rings. The Balaban J connectivity index is 0.000000126. The van der Waals surface area contributed by atoms with Crippen LogP contribution in [0.3, 0.4) is 0 Å². The number of hydrogen-bond acceptors (Lipinski definition) is 6. The zero-order valence-corrected chi connectivity index (χ0v) is 64.3. The van der Waals surface area contributed by atoms with Gasteiger partial charge in [-0.15, -0.1) is 0 Å². The van der Waals surface area contributed by atoms with Gasteiger partial charge in [0.15, 0.2) is 11.6 Å². The summed E-state index contributed by atoms with van der Waals surface area (Å²) in [7, 11) is -0.389. The van der Waals surface area contributed by atoms with Crippen molar-refractivity contribution in [3.05, 3.63) is 393 Å². The molecular formula is C106H76BClN4O2. The van der Waals surface area contributed by atoms with E-state index in [9.17, 15) is 0 Å². The van der Waals surface area contributed by atoms with Gasteiger partial charge in [0.1, 0.15) is 5.15 Å². The van der Waals surface area contributed by atoms with E-state index in [1.165, 1.54) is 127 Å². The van der Waals surface area contributed by atoms with E-state index in [-0.39, 0.29) is 18.3 Å². The first-order chi connectivity index (χ1) is 55.9. The fourth-order valence-corrected chi connectivity index (χ4v) is 16.7. The maximum Gasteiger partial charge on any atom is 0.494 e.